The van der Waals surface area contributed by atoms with Gasteiger partial charge in [0.1, 0.15) is 5.84 Å². The number of para-hydroxylation sites is 1. The first kappa shape index (κ1) is 13.3. The van der Waals surface area contributed by atoms with Gasteiger partial charge < -0.3 is 10.9 Å². The average Bonchev–Trinajstić information content (AvgIpc) is 2.92. The van der Waals surface area contributed by atoms with Gasteiger partial charge in [-0.2, -0.15) is 4.68 Å². The highest BCUT2D eigenvalue weighted by atomic mass is 32.2. The number of benzene rings is 1. The molecule has 0 aliphatic heterocycles. The zero-order valence-corrected chi connectivity index (χ0v) is 11.0. The molecule has 0 bridgehead atoms. The van der Waals surface area contributed by atoms with Crippen molar-refractivity contribution in [2.45, 2.75) is 18.0 Å². The quantitative estimate of drug-likeness (QED) is 0.206. The molecule has 0 radical (unpaired) electrons. The van der Waals surface area contributed by atoms with Gasteiger partial charge in [0.2, 0.25) is 5.16 Å². The monoisotopic (exact) mass is 278 g/mol. The van der Waals surface area contributed by atoms with E-state index in [0.29, 0.717) is 6.42 Å². The standard InChI is InChI=1S/C11H14N6OS/c12-10(14-18)7-4-8-19-11-13-15-16-17(11)9-5-2-1-3-6-9/h1-3,5-6,18H,4,7-8H2,(H2,12,14). The van der Waals surface area contributed by atoms with Gasteiger partial charge in [0.25, 0.3) is 0 Å². The van der Waals surface area contributed by atoms with Gasteiger partial charge in [-0.1, -0.05) is 35.1 Å². The van der Waals surface area contributed by atoms with Crippen LogP contribution in [0, 0.1) is 0 Å². The highest BCUT2D eigenvalue weighted by Crippen LogP contribution is 2.18. The first-order valence-electron chi connectivity index (χ1n) is 5.74. The lowest BCUT2D eigenvalue weighted by molar-refractivity contribution is 0.317. The highest BCUT2D eigenvalue weighted by Gasteiger charge is 2.08. The van der Waals surface area contributed by atoms with Crippen molar-refractivity contribution in [3.63, 3.8) is 0 Å². The van der Waals surface area contributed by atoms with Gasteiger partial charge in [-0.25, -0.2) is 0 Å². The molecule has 0 saturated heterocycles. The van der Waals surface area contributed by atoms with Gasteiger partial charge in [-0.15, -0.1) is 5.10 Å². The molecule has 1 heterocycles. The van der Waals surface area contributed by atoms with Crippen molar-refractivity contribution in [1.82, 2.24) is 20.2 Å². The number of nitrogens with zero attached hydrogens (tertiary/aromatic N) is 5. The maximum Gasteiger partial charge on any atom is 0.214 e. The van der Waals surface area contributed by atoms with Gasteiger partial charge in [-0.3, -0.25) is 0 Å². The molecule has 0 spiro atoms. The molecule has 0 fully saturated rings. The van der Waals surface area contributed by atoms with Crippen LogP contribution in [0.5, 0.6) is 0 Å². The Hall–Kier alpha value is -2.09. The second-order valence-corrected chi connectivity index (χ2v) is 4.81. The SMILES string of the molecule is N/C(CCCSc1nnnn1-c1ccccc1)=N\O. The molecule has 1 aromatic heterocycles. The van der Waals surface area contributed by atoms with Crippen molar-refractivity contribution < 1.29 is 5.21 Å². The molecule has 0 saturated carbocycles. The summed E-state index contributed by atoms with van der Waals surface area (Å²) in [6.45, 7) is 0. The molecule has 1 aromatic carbocycles. The Kier molecular flexibility index (Phi) is 4.73. The van der Waals surface area contributed by atoms with E-state index in [1.165, 1.54) is 11.8 Å². The van der Waals surface area contributed by atoms with Crippen molar-refractivity contribution >= 4 is 17.6 Å². The molecule has 7 nitrogen and oxygen atoms in total. The number of hydrogen-bond donors (Lipinski definition) is 2. The van der Waals surface area contributed by atoms with Gasteiger partial charge >= 0.3 is 0 Å². The number of hydrogen-bond acceptors (Lipinski definition) is 6. The van der Waals surface area contributed by atoms with E-state index in [1.807, 2.05) is 30.3 Å². The van der Waals surface area contributed by atoms with Crippen LogP contribution in [0.25, 0.3) is 5.69 Å². The van der Waals surface area contributed by atoms with E-state index in [4.69, 9.17) is 10.9 Å². The fourth-order valence-corrected chi connectivity index (χ4v) is 2.30. The minimum Gasteiger partial charge on any atom is -0.409 e. The first-order chi connectivity index (χ1) is 9.31. The van der Waals surface area contributed by atoms with Crippen molar-refractivity contribution in [3.8, 4) is 5.69 Å². The van der Waals surface area contributed by atoms with E-state index < -0.39 is 0 Å². The normalized spacial score (nSPS) is 11.7. The summed E-state index contributed by atoms with van der Waals surface area (Å²) in [5, 5.41) is 23.7. The Balaban J connectivity index is 1.94. The van der Waals surface area contributed by atoms with Gasteiger partial charge in [0.15, 0.2) is 0 Å². The summed E-state index contributed by atoms with van der Waals surface area (Å²) >= 11 is 1.54. The topological polar surface area (TPSA) is 102 Å². The molecule has 2 aromatic rings. The molecule has 100 valence electrons. The molecule has 19 heavy (non-hydrogen) atoms. The van der Waals surface area contributed by atoms with Gasteiger partial charge in [-0.05, 0) is 29.0 Å². The van der Waals surface area contributed by atoms with E-state index >= 15 is 0 Å². The van der Waals surface area contributed by atoms with Crippen LogP contribution in [0.1, 0.15) is 12.8 Å². The zero-order chi connectivity index (χ0) is 13.5. The second kappa shape index (κ2) is 6.74. The molecule has 8 heteroatoms. The smallest absolute Gasteiger partial charge is 0.214 e. The molecule has 0 amide bonds. The Morgan fingerprint density at radius 2 is 2.16 bits per heavy atom. The number of aromatic nitrogens is 4. The molecule has 0 aliphatic carbocycles. The summed E-state index contributed by atoms with van der Waals surface area (Å²) in [5.41, 5.74) is 6.32. The number of amidine groups is 1. The second-order valence-electron chi connectivity index (χ2n) is 3.75. The van der Waals surface area contributed by atoms with Gasteiger partial charge in [0, 0.05) is 12.2 Å². The molecule has 0 unspecified atom stereocenters. The Morgan fingerprint density at radius 3 is 2.89 bits per heavy atom. The van der Waals surface area contributed by atoms with E-state index in [9.17, 15) is 0 Å². The fraction of sp³-hybridized carbons (Fsp3) is 0.273. The van der Waals surface area contributed by atoms with Gasteiger partial charge in [0.05, 0.1) is 5.69 Å². The van der Waals surface area contributed by atoms with Crippen LogP contribution in [0.3, 0.4) is 0 Å². The van der Waals surface area contributed by atoms with E-state index in [1.54, 1.807) is 4.68 Å². The lowest BCUT2D eigenvalue weighted by Gasteiger charge is -2.03. The number of rotatable bonds is 6. The maximum atomic E-state index is 8.43. The maximum absolute atomic E-state index is 8.43. The Morgan fingerprint density at radius 1 is 1.37 bits per heavy atom. The first-order valence-corrected chi connectivity index (χ1v) is 6.73. The summed E-state index contributed by atoms with van der Waals surface area (Å²) < 4.78 is 1.69. The Labute approximate surface area is 114 Å². The van der Waals surface area contributed by atoms with Crippen molar-refractivity contribution in [2.75, 3.05) is 5.75 Å². The van der Waals surface area contributed by atoms with E-state index in [0.717, 1.165) is 23.0 Å². The van der Waals surface area contributed by atoms with Crippen LogP contribution in [0.4, 0.5) is 0 Å². The Bertz CT molecular complexity index is 541. The highest BCUT2D eigenvalue weighted by molar-refractivity contribution is 7.99. The molecular weight excluding hydrogens is 264 g/mol. The number of thioether (sulfide) groups is 1. The van der Waals surface area contributed by atoms with Crippen LogP contribution in [0.2, 0.25) is 0 Å². The van der Waals surface area contributed by atoms with Crippen LogP contribution in [-0.4, -0.2) is 37.0 Å². The summed E-state index contributed by atoms with van der Waals surface area (Å²) in [5.74, 6) is 1.03. The largest absolute Gasteiger partial charge is 0.409 e. The van der Waals surface area contributed by atoms with E-state index in [2.05, 4.69) is 20.7 Å². The molecular formula is C11H14N6OS. The number of oxime groups is 1. The molecule has 0 atom stereocenters. The van der Waals surface area contributed by atoms with Crippen molar-refractivity contribution in [3.05, 3.63) is 30.3 Å². The predicted molar refractivity (Wildman–Crippen MR) is 72.5 cm³/mol. The lowest BCUT2D eigenvalue weighted by Crippen LogP contribution is -2.11. The van der Waals surface area contributed by atoms with Crippen LogP contribution in [0.15, 0.2) is 40.6 Å². The van der Waals surface area contributed by atoms with Crippen LogP contribution >= 0.6 is 11.8 Å². The van der Waals surface area contributed by atoms with E-state index in [-0.39, 0.29) is 5.84 Å². The van der Waals surface area contributed by atoms with Crippen molar-refractivity contribution in [1.29, 1.82) is 0 Å². The van der Waals surface area contributed by atoms with Crippen LogP contribution in [-0.2, 0) is 0 Å². The minimum atomic E-state index is 0.239. The van der Waals surface area contributed by atoms with Crippen molar-refractivity contribution in [2.24, 2.45) is 10.9 Å². The summed E-state index contributed by atoms with van der Waals surface area (Å²) in [6.07, 6.45) is 1.35. The average molecular weight is 278 g/mol. The predicted octanol–water partition coefficient (Wildman–Crippen LogP) is 1.28. The number of tetrazole rings is 1. The van der Waals surface area contributed by atoms with Crippen LogP contribution < -0.4 is 5.73 Å². The fourth-order valence-electron chi connectivity index (χ4n) is 1.47. The third-order valence-electron chi connectivity index (χ3n) is 2.38. The lowest BCUT2D eigenvalue weighted by atomic mass is 10.3. The molecule has 0 aliphatic rings. The zero-order valence-electron chi connectivity index (χ0n) is 10.2. The summed E-state index contributed by atoms with van der Waals surface area (Å²) in [6, 6.07) is 9.69. The minimum absolute atomic E-state index is 0.239. The number of nitrogens with two attached hydrogens (primary N) is 1. The third kappa shape index (κ3) is 3.68. The third-order valence-corrected chi connectivity index (χ3v) is 3.38. The molecule has 3 N–H and O–H groups in total. The summed E-state index contributed by atoms with van der Waals surface area (Å²) in [4.78, 5) is 0. The summed E-state index contributed by atoms with van der Waals surface area (Å²) in [7, 11) is 0. The molecule has 2 rings (SSSR count).